The van der Waals surface area contributed by atoms with E-state index in [1.54, 1.807) is 11.8 Å². The molecule has 3 aromatic rings. The summed E-state index contributed by atoms with van der Waals surface area (Å²) in [5, 5.41) is 11.0. The summed E-state index contributed by atoms with van der Waals surface area (Å²) >= 11 is 3.42. The first-order valence-electron chi connectivity index (χ1n) is 7.68. The molecule has 0 saturated carbocycles. The van der Waals surface area contributed by atoms with Crippen molar-refractivity contribution in [2.24, 2.45) is 0 Å². The van der Waals surface area contributed by atoms with Gasteiger partial charge in [0.1, 0.15) is 5.75 Å². The molecule has 7 heteroatoms. The summed E-state index contributed by atoms with van der Waals surface area (Å²) in [6, 6.07) is 15.2. The van der Waals surface area contributed by atoms with E-state index in [1.807, 2.05) is 55.5 Å². The van der Waals surface area contributed by atoms with Crippen molar-refractivity contribution in [2.45, 2.75) is 13.5 Å². The van der Waals surface area contributed by atoms with Gasteiger partial charge in [-0.25, -0.2) is 4.68 Å². The van der Waals surface area contributed by atoms with Gasteiger partial charge in [0.2, 0.25) is 0 Å². The quantitative estimate of drug-likeness (QED) is 0.713. The topological polar surface area (TPSA) is 69.0 Å². The smallest absolute Gasteiger partial charge is 0.274 e. The Morgan fingerprint density at radius 1 is 1.24 bits per heavy atom. The maximum atomic E-state index is 12.4. The average Bonchev–Trinajstić information content (AvgIpc) is 3.01. The second-order valence-corrected chi connectivity index (χ2v) is 6.36. The summed E-state index contributed by atoms with van der Waals surface area (Å²) < 4.78 is 7.75. The Balaban J connectivity index is 1.74. The number of hydrogen-bond acceptors (Lipinski definition) is 4. The van der Waals surface area contributed by atoms with Gasteiger partial charge in [-0.05, 0) is 48.9 Å². The van der Waals surface area contributed by atoms with Gasteiger partial charge in [-0.1, -0.05) is 33.3 Å². The number of halogens is 1. The predicted octanol–water partition coefficient (Wildman–Crippen LogP) is 3.28. The van der Waals surface area contributed by atoms with Crippen LogP contribution in [-0.2, 0) is 6.54 Å². The molecule has 25 heavy (non-hydrogen) atoms. The van der Waals surface area contributed by atoms with Crippen LogP contribution in [0.4, 0.5) is 0 Å². The molecular weight excluding hydrogens is 384 g/mol. The number of hydrogen-bond donors (Lipinski definition) is 1. The minimum Gasteiger partial charge on any atom is -0.497 e. The van der Waals surface area contributed by atoms with Gasteiger partial charge in [-0.15, -0.1) is 5.10 Å². The number of methoxy groups -OCH3 is 1. The van der Waals surface area contributed by atoms with Gasteiger partial charge in [0.25, 0.3) is 5.91 Å². The fourth-order valence-corrected chi connectivity index (χ4v) is 2.87. The van der Waals surface area contributed by atoms with Crippen LogP contribution in [0.25, 0.3) is 5.69 Å². The van der Waals surface area contributed by atoms with Gasteiger partial charge < -0.3 is 10.1 Å². The van der Waals surface area contributed by atoms with Crippen LogP contribution in [0.1, 0.15) is 21.7 Å². The Bertz CT molecular complexity index is 890. The lowest BCUT2D eigenvalue weighted by atomic mass is 10.2. The lowest BCUT2D eigenvalue weighted by molar-refractivity contribution is 0.0945. The molecule has 0 saturated heterocycles. The number of carbonyl (C=O) groups is 1. The molecule has 1 heterocycles. The molecule has 128 valence electrons. The first kappa shape index (κ1) is 17.2. The van der Waals surface area contributed by atoms with Crippen LogP contribution in [0.5, 0.6) is 5.75 Å². The molecule has 0 spiro atoms. The van der Waals surface area contributed by atoms with Gasteiger partial charge >= 0.3 is 0 Å². The Hall–Kier alpha value is -2.67. The number of aromatic nitrogens is 3. The van der Waals surface area contributed by atoms with Gasteiger partial charge in [-0.3, -0.25) is 4.79 Å². The third-order valence-electron chi connectivity index (χ3n) is 3.77. The maximum Gasteiger partial charge on any atom is 0.274 e. The molecule has 6 nitrogen and oxygen atoms in total. The third-order valence-corrected chi connectivity index (χ3v) is 4.26. The number of benzene rings is 2. The second kappa shape index (κ2) is 7.48. The van der Waals surface area contributed by atoms with Gasteiger partial charge in [-0.2, -0.15) is 0 Å². The van der Waals surface area contributed by atoms with Gasteiger partial charge in [0, 0.05) is 11.0 Å². The van der Waals surface area contributed by atoms with E-state index >= 15 is 0 Å². The fourth-order valence-electron chi connectivity index (χ4n) is 2.42. The molecule has 2 aromatic carbocycles. The van der Waals surface area contributed by atoms with Gasteiger partial charge in [0.15, 0.2) is 5.69 Å². The minimum atomic E-state index is -0.253. The Morgan fingerprint density at radius 3 is 2.68 bits per heavy atom. The fraction of sp³-hybridized carbons (Fsp3) is 0.167. The number of rotatable bonds is 5. The highest BCUT2D eigenvalue weighted by atomic mass is 79.9. The minimum absolute atomic E-state index is 0.253. The Morgan fingerprint density at radius 2 is 2.00 bits per heavy atom. The van der Waals surface area contributed by atoms with Crippen LogP contribution < -0.4 is 10.1 Å². The second-order valence-electron chi connectivity index (χ2n) is 5.45. The van der Waals surface area contributed by atoms with E-state index in [-0.39, 0.29) is 5.91 Å². The molecule has 0 fully saturated rings. The zero-order valence-corrected chi connectivity index (χ0v) is 15.4. The van der Waals surface area contributed by atoms with E-state index in [4.69, 9.17) is 4.74 Å². The molecule has 0 bridgehead atoms. The third kappa shape index (κ3) is 3.88. The summed E-state index contributed by atoms with van der Waals surface area (Å²) in [5.41, 5.74) is 2.81. The number of nitrogens with one attached hydrogen (secondary N) is 1. The monoisotopic (exact) mass is 400 g/mol. The van der Waals surface area contributed by atoms with Crippen molar-refractivity contribution >= 4 is 21.8 Å². The van der Waals surface area contributed by atoms with Crippen molar-refractivity contribution in [3.8, 4) is 11.4 Å². The van der Waals surface area contributed by atoms with Crippen molar-refractivity contribution in [2.75, 3.05) is 7.11 Å². The molecule has 3 rings (SSSR count). The van der Waals surface area contributed by atoms with Crippen molar-refractivity contribution in [1.82, 2.24) is 20.3 Å². The first-order chi connectivity index (χ1) is 12.1. The molecule has 0 aliphatic rings. The standard InChI is InChI=1S/C18H17BrN4O2/c1-12-17(18(24)20-11-13-4-3-5-14(19)10-13)21-22-23(12)15-6-8-16(25-2)9-7-15/h3-10H,11H2,1-2H3,(H,20,24). The molecular formula is C18H17BrN4O2. The molecule has 0 unspecified atom stereocenters. The lowest BCUT2D eigenvalue weighted by Gasteiger charge is -2.06. The molecule has 1 aromatic heterocycles. The van der Waals surface area contributed by atoms with Crippen LogP contribution in [0.2, 0.25) is 0 Å². The van der Waals surface area contributed by atoms with Crippen LogP contribution >= 0.6 is 15.9 Å². The van der Waals surface area contributed by atoms with Crippen LogP contribution in [-0.4, -0.2) is 28.0 Å². The van der Waals surface area contributed by atoms with Gasteiger partial charge in [0.05, 0.1) is 18.5 Å². The highest BCUT2D eigenvalue weighted by Gasteiger charge is 2.17. The summed E-state index contributed by atoms with van der Waals surface area (Å²) in [5.74, 6) is 0.505. The largest absolute Gasteiger partial charge is 0.497 e. The summed E-state index contributed by atoms with van der Waals surface area (Å²) in [7, 11) is 1.61. The summed E-state index contributed by atoms with van der Waals surface area (Å²) in [6.07, 6.45) is 0. The van der Waals surface area contributed by atoms with E-state index in [9.17, 15) is 4.79 Å². The van der Waals surface area contributed by atoms with Crippen molar-refractivity contribution in [3.63, 3.8) is 0 Å². The van der Waals surface area contributed by atoms with E-state index in [0.717, 1.165) is 21.5 Å². The SMILES string of the molecule is COc1ccc(-n2nnc(C(=O)NCc3cccc(Br)c3)c2C)cc1. The van der Waals surface area contributed by atoms with Crippen molar-refractivity contribution in [1.29, 1.82) is 0 Å². The normalized spacial score (nSPS) is 10.5. The predicted molar refractivity (Wildman–Crippen MR) is 98.0 cm³/mol. The number of amides is 1. The molecule has 0 aliphatic heterocycles. The first-order valence-corrected chi connectivity index (χ1v) is 8.47. The Kier molecular flexibility index (Phi) is 5.14. The molecule has 1 N–H and O–H groups in total. The molecule has 0 atom stereocenters. The lowest BCUT2D eigenvalue weighted by Crippen LogP contribution is -2.24. The van der Waals surface area contributed by atoms with E-state index < -0.39 is 0 Å². The van der Waals surface area contributed by atoms with E-state index in [2.05, 4.69) is 31.6 Å². The summed E-state index contributed by atoms with van der Waals surface area (Å²) in [6.45, 7) is 2.24. The highest BCUT2D eigenvalue weighted by molar-refractivity contribution is 9.10. The van der Waals surface area contributed by atoms with Crippen LogP contribution in [0, 0.1) is 6.92 Å². The number of carbonyl (C=O) groups excluding carboxylic acids is 1. The Labute approximate surface area is 153 Å². The maximum absolute atomic E-state index is 12.4. The van der Waals surface area contributed by atoms with Crippen molar-refractivity contribution in [3.05, 3.63) is 70.0 Å². The van der Waals surface area contributed by atoms with Crippen LogP contribution in [0.3, 0.4) is 0 Å². The van der Waals surface area contributed by atoms with E-state index in [1.165, 1.54) is 0 Å². The molecule has 1 amide bonds. The van der Waals surface area contributed by atoms with E-state index in [0.29, 0.717) is 17.9 Å². The molecule has 0 aliphatic carbocycles. The zero-order valence-electron chi connectivity index (χ0n) is 13.9. The summed E-state index contributed by atoms with van der Waals surface area (Å²) in [4.78, 5) is 12.4. The van der Waals surface area contributed by atoms with Crippen LogP contribution in [0.15, 0.2) is 53.0 Å². The highest BCUT2D eigenvalue weighted by Crippen LogP contribution is 2.17. The number of ether oxygens (including phenoxy) is 1. The average molecular weight is 401 g/mol. The zero-order chi connectivity index (χ0) is 17.8. The van der Waals surface area contributed by atoms with Crippen molar-refractivity contribution < 1.29 is 9.53 Å². The number of nitrogens with zero attached hydrogens (tertiary/aromatic N) is 3. The molecule has 0 radical (unpaired) electrons.